The zero-order valence-electron chi connectivity index (χ0n) is 17.2. The molecule has 2 aromatic carbocycles. The van der Waals surface area contributed by atoms with Crippen LogP contribution in [-0.2, 0) is 9.59 Å². The molecule has 0 unspecified atom stereocenters. The number of fused-ring (bicyclic) bond motifs is 3. The molecule has 0 spiro atoms. The predicted octanol–water partition coefficient (Wildman–Crippen LogP) is 2.63. The number of hydrogen-bond donors (Lipinski definition) is 0. The second-order valence-electron chi connectivity index (χ2n) is 7.78. The molecule has 3 atom stereocenters. The summed E-state index contributed by atoms with van der Waals surface area (Å²) in [6, 6.07) is 14.3. The molecule has 2 amide bonds. The van der Waals surface area contributed by atoms with E-state index in [9.17, 15) is 9.59 Å². The van der Waals surface area contributed by atoms with Crippen LogP contribution in [0.1, 0.15) is 24.9 Å². The average Bonchev–Trinajstić information content (AvgIpc) is 3.41. The Kier molecular flexibility index (Phi) is 4.72. The highest BCUT2D eigenvalue weighted by Gasteiger charge is 2.63. The molecule has 0 radical (unpaired) electrons. The van der Waals surface area contributed by atoms with E-state index in [1.807, 2.05) is 31.2 Å². The molecular formula is C23H25N3O4. The van der Waals surface area contributed by atoms with E-state index in [1.165, 1.54) is 4.90 Å². The highest BCUT2D eigenvalue weighted by atomic mass is 16.5. The molecule has 3 fully saturated rings. The number of anilines is 1. The number of imide groups is 1. The third kappa shape index (κ3) is 2.73. The van der Waals surface area contributed by atoms with Crippen LogP contribution in [0, 0.1) is 5.92 Å². The van der Waals surface area contributed by atoms with Gasteiger partial charge in [0, 0.05) is 18.7 Å². The Bertz CT molecular complexity index is 977. The number of hydrazine groups is 1. The van der Waals surface area contributed by atoms with E-state index in [0.29, 0.717) is 12.3 Å². The summed E-state index contributed by atoms with van der Waals surface area (Å²) < 4.78 is 11.1. The fraction of sp³-hybridized carbons (Fsp3) is 0.391. The third-order valence-electron chi connectivity index (χ3n) is 6.27. The first-order chi connectivity index (χ1) is 14.7. The van der Waals surface area contributed by atoms with Gasteiger partial charge in [-0.2, -0.15) is 0 Å². The van der Waals surface area contributed by atoms with Crippen LogP contribution < -0.4 is 14.4 Å². The molecule has 30 heavy (non-hydrogen) atoms. The molecule has 3 aliphatic heterocycles. The van der Waals surface area contributed by atoms with Crippen molar-refractivity contribution in [3.05, 3.63) is 54.1 Å². The quantitative estimate of drug-likeness (QED) is 0.710. The Balaban J connectivity index is 1.54. The maximum atomic E-state index is 13.6. The number of methoxy groups -OCH3 is 1. The predicted molar refractivity (Wildman–Crippen MR) is 111 cm³/mol. The molecule has 0 N–H and O–H groups in total. The Labute approximate surface area is 175 Å². The van der Waals surface area contributed by atoms with Gasteiger partial charge in [-0.1, -0.05) is 18.2 Å². The molecule has 3 heterocycles. The van der Waals surface area contributed by atoms with Crippen LogP contribution in [0.2, 0.25) is 0 Å². The van der Waals surface area contributed by atoms with Gasteiger partial charge in [-0.25, -0.2) is 14.9 Å². The van der Waals surface area contributed by atoms with Gasteiger partial charge >= 0.3 is 0 Å². The fourth-order valence-corrected chi connectivity index (χ4v) is 5.11. The number of rotatable bonds is 5. The molecule has 5 rings (SSSR count). The number of para-hydroxylation sites is 1. The first kappa shape index (κ1) is 19.1. The molecule has 2 aromatic rings. The van der Waals surface area contributed by atoms with Crippen LogP contribution in [-0.4, -0.2) is 54.7 Å². The second kappa shape index (κ2) is 7.41. The molecule has 0 aliphatic carbocycles. The van der Waals surface area contributed by atoms with Crippen molar-refractivity contribution in [1.82, 2.24) is 10.0 Å². The van der Waals surface area contributed by atoms with Gasteiger partial charge < -0.3 is 9.47 Å². The third-order valence-corrected chi connectivity index (χ3v) is 6.27. The number of carbonyl (C=O) groups excluding carboxylic acids is 2. The van der Waals surface area contributed by atoms with Crippen LogP contribution in [0.4, 0.5) is 5.69 Å². The van der Waals surface area contributed by atoms with Gasteiger partial charge in [0.25, 0.3) is 5.91 Å². The van der Waals surface area contributed by atoms with E-state index in [4.69, 9.17) is 9.47 Å². The van der Waals surface area contributed by atoms with Crippen LogP contribution in [0.3, 0.4) is 0 Å². The van der Waals surface area contributed by atoms with Crippen molar-refractivity contribution in [3.63, 3.8) is 0 Å². The van der Waals surface area contributed by atoms with Crippen LogP contribution in [0.25, 0.3) is 0 Å². The Morgan fingerprint density at radius 1 is 0.933 bits per heavy atom. The van der Waals surface area contributed by atoms with Crippen molar-refractivity contribution in [2.75, 3.05) is 31.7 Å². The van der Waals surface area contributed by atoms with Crippen molar-refractivity contribution in [1.29, 1.82) is 0 Å². The van der Waals surface area contributed by atoms with Gasteiger partial charge in [0.15, 0.2) is 0 Å². The summed E-state index contributed by atoms with van der Waals surface area (Å²) >= 11 is 0. The normalized spacial score (nSPS) is 26.2. The Morgan fingerprint density at radius 2 is 1.63 bits per heavy atom. The number of nitrogens with zero attached hydrogens (tertiary/aromatic N) is 3. The van der Waals surface area contributed by atoms with E-state index < -0.39 is 12.0 Å². The molecule has 7 nitrogen and oxygen atoms in total. The van der Waals surface area contributed by atoms with Crippen molar-refractivity contribution in [2.24, 2.45) is 5.92 Å². The lowest BCUT2D eigenvalue weighted by molar-refractivity contribution is -0.126. The summed E-state index contributed by atoms with van der Waals surface area (Å²) in [7, 11) is 1.64. The van der Waals surface area contributed by atoms with Gasteiger partial charge in [0.1, 0.15) is 17.5 Å². The van der Waals surface area contributed by atoms with Crippen molar-refractivity contribution < 1.29 is 19.1 Å². The summed E-state index contributed by atoms with van der Waals surface area (Å²) in [5, 5.41) is 4.29. The summed E-state index contributed by atoms with van der Waals surface area (Å²) in [5.74, 6) is 0.700. The molecule has 0 saturated carbocycles. The zero-order chi connectivity index (χ0) is 20.8. The SMILES string of the molecule is CCOc1ccc(N2C(=O)[C@H]3[C@@H](C2=O)N2CCCN2[C@H]3c2ccccc2OC)cc1. The maximum absolute atomic E-state index is 13.6. The molecule has 0 bridgehead atoms. The molecule has 0 aromatic heterocycles. The maximum Gasteiger partial charge on any atom is 0.253 e. The molecule has 3 aliphatic rings. The molecule has 3 saturated heterocycles. The average molecular weight is 407 g/mol. The highest BCUT2D eigenvalue weighted by molar-refractivity contribution is 6.24. The summed E-state index contributed by atoms with van der Waals surface area (Å²) in [4.78, 5) is 28.4. The standard InChI is InChI=1S/C23H25N3O4/c1-3-30-16-11-9-15(10-12-16)26-22(27)19-20(17-7-4-5-8-18(17)29-2)24-13-6-14-25(24)21(19)23(26)28/h4-5,7-12,19-21H,3,6,13-14H2,1-2H3/t19-,20+,21+/m1/s1. The lowest BCUT2D eigenvalue weighted by Gasteiger charge is -2.30. The molecule has 7 heteroatoms. The molecule has 156 valence electrons. The van der Waals surface area contributed by atoms with Gasteiger partial charge in [-0.15, -0.1) is 0 Å². The number of amides is 2. The largest absolute Gasteiger partial charge is 0.496 e. The topological polar surface area (TPSA) is 62.3 Å². The van der Waals surface area contributed by atoms with Gasteiger partial charge in [-0.3, -0.25) is 9.59 Å². The first-order valence-corrected chi connectivity index (χ1v) is 10.4. The minimum absolute atomic E-state index is 0.153. The van der Waals surface area contributed by atoms with E-state index in [2.05, 4.69) is 10.0 Å². The molecular weight excluding hydrogens is 382 g/mol. The minimum atomic E-state index is -0.471. The van der Waals surface area contributed by atoms with Crippen LogP contribution in [0.15, 0.2) is 48.5 Å². The van der Waals surface area contributed by atoms with Crippen molar-refractivity contribution in [2.45, 2.75) is 25.4 Å². The Hall–Kier alpha value is -2.90. The lowest BCUT2D eigenvalue weighted by atomic mass is 9.89. The lowest BCUT2D eigenvalue weighted by Crippen LogP contribution is -2.44. The summed E-state index contributed by atoms with van der Waals surface area (Å²) in [5.41, 5.74) is 1.54. The summed E-state index contributed by atoms with van der Waals surface area (Å²) in [6.45, 7) is 4.10. The van der Waals surface area contributed by atoms with Crippen LogP contribution >= 0.6 is 0 Å². The Morgan fingerprint density at radius 3 is 2.33 bits per heavy atom. The van der Waals surface area contributed by atoms with E-state index in [-0.39, 0.29) is 17.9 Å². The highest BCUT2D eigenvalue weighted by Crippen LogP contribution is 2.50. The van der Waals surface area contributed by atoms with E-state index in [0.717, 1.165) is 36.6 Å². The zero-order valence-corrected chi connectivity index (χ0v) is 17.2. The second-order valence-corrected chi connectivity index (χ2v) is 7.78. The minimum Gasteiger partial charge on any atom is -0.496 e. The van der Waals surface area contributed by atoms with Crippen molar-refractivity contribution in [3.8, 4) is 11.5 Å². The van der Waals surface area contributed by atoms with Crippen molar-refractivity contribution >= 4 is 17.5 Å². The number of benzene rings is 2. The fourth-order valence-electron chi connectivity index (χ4n) is 5.11. The smallest absolute Gasteiger partial charge is 0.253 e. The summed E-state index contributed by atoms with van der Waals surface area (Å²) in [6.07, 6.45) is 0.972. The van der Waals surface area contributed by atoms with E-state index >= 15 is 0 Å². The monoisotopic (exact) mass is 407 g/mol. The number of carbonyl (C=O) groups is 2. The first-order valence-electron chi connectivity index (χ1n) is 10.4. The van der Waals surface area contributed by atoms with Gasteiger partial charge in [-0.05, 0) is 43.7 Å². The van der Waals surface area contributed by atoms with Crippen LogP contribution in [0.5, 0.6) is 11.5 Å². The number of ether oxygens (including phenoxy) is 2. The number of hydrogen-bond acceptors (Lipinski definition) is 6. The van der Waals surface area contributed by atoms with E-state index in [1.54, 1.807) is 31.4 Å². The van der Waals surface area contributed by atoms with Gasteiger partial charge in [0.2, 0.25) is 5.91 Å². The van der Waals surface area contributed by atoms with Gasteiger partial charge in [0.05, 0.1) is 31.4 Å².